The van der Waals surface area contributed by atoms with E-state index in [1.807, 2.05) is 4.57 Å². The van der Waals surface area contributed by atoms with Crippen LogP contribution in [0.2, 0.25) is 25.7 Å². The van der Waals surface area contributed by atoms with Crippen LogP contribution < -0.4 is 0 Å². The van der Waals surface area contributed by atoms with E-state index in [0.717, 1.165) is 12.7 Å². The fraction of sp³-hybridized carbons (Fsp3) is 0.583. The average Bonchev–Trinajstić information content (AvgIpc) is 2.76. The van der Waals surface area contributed by atoms with Gasteiger partial charge in [-0.15, -0.1) is 0 Å². The second kappa shape index (κ2) is 5.77. The van der Waals surface area contributed by atoms with Gasteiger partial charge in [0.1, 0.15) is 18.6 Å². The molecule has 2 aromatic rings. The Labute approximate surface area is 113 Å². The van der Waals surface area contributed by atoms with E-state index in [1.54, 1.807) is 6.33 Å². The Morgan fingerprint density at radius 1 is 1.26 bits per heavy atom. The molecule has 0 radical (unpaired) electrons. The van der Waals surface area contributed by atoms with Crippen molar-refractivity contribution in [2.75, 3.05) is 6.61 Å². The molecule has 2 heterocycles. The molecule has 0 saturated carbocycles. The zero-order chi connectivity index (χ0) is 13.9. The number of fused-ring (bicyclic) bond motifs is 1. The zero-order valence-electron chi connectivity index (χ0n) is 11.6. The van der Waals surface area contributed by atoms with Crippen molar-refractivity contribution in [3.05, 3.63) is 18.3 Å². The lowest BCUT2D eigenvalue weighted by atomic mass is 10.4. The maximum atomic E-state index is 9.18. The smallest absolute Gasteiger partial charge is 0.165 e. The number of imidazole rings is 1. The Morgan fingerprint density at radius 2 is 2.05 bits per heavy atom. The number of nitrogens with zero attached hydrogens (tertiary/aromatic N) is 4. The summed E-state index contributed by atoms with van der Waals surface area (Å²) < 4.78 is 7.50. The summed E-state index contributed by atoms with van der Waals surface area (Å²) in [7, 11) is -1.06. The normalized spacial score (nSPS) is 12.2. The van der Waals surface area contributed by atoms with Crippen molar-refractivity contribution in [3.63, 3.8) is 0 Å². The van der Waals surface area contributed by atoms with E-state index in [-0.39, 0.29) is 6.61 Å². The van der Waals surface area contributed by atoms with Crippen LogP contribution >= 0.6 is 0 Å². The number of hydrogen-bond acceptors (Lipinski definition) is 5. The molecule has 0 aliphatic carbocycles. The minimum atomic E-state index is -1.06. The van der Waals surface area contributed by atoms with Gasteiger partial charge < -0.3 is 9.84 Å². The van der Waals surface area contributed by atoms with Gasteiger partial charge >= 0.3 is 0 Å². The Morgan fingerprint density at radius 3 is 2.74 bits per heavy atom. The largest absolute Gasteiger partial charge is 0.390 e. The van der Waals surface area contributed by atoms with E-state index >= 15 is 0 Å². The summed E-state index contributed by atoms with van der Waals surface area (Å²) in [4.78, 5) is 12.4. The molecule has 7 heteroatoms. The van der Waals surface area contributed by atoms with Crippen LogP contribution in [0.3, 0.4) is 0 Å². The molecule has 6 nitrogen and oxygen atoms in total. The number of aliphatic hydroxyl groups is 1. The van der Waals surface area contributed by atoms with E-state index < -0.39 is 8.07 Å². The fourth-order valence-electron chi connectivity index (χ4n) is 1.68. The lowest BCUT2D eigenvalue weighted by Gasteiger charge is -2.15. The van der Waals surface area contributed by atoms with Gasteiger partial charge in [-0.1, -0.05) is 19.6 Å². The summed E-state index contributed by atoms with van der Waals surface area (Å²) in [6.45, 7) is 8.03. The molecule has 0 spiro atoms. The van der Waals surface area contributed by atoms with Gasteiger partial charge in [0, 0.05) is 14.7 Å². The van der Waals surface area contributed by atoms with Crippen molar-refractivity contribution in [2.45, 2.75) is 39.0 Å². The number of ether oxygens (including phenoxy) is 1. The zero-order valence-corrected chi connectivity index (χ0v) is 12.6. The van der Waals surface area contributed by atoms with Crippen LogP contribution in [0.5, 0.6) is 0 Å². The molecule has 1 N–H and O–H groups in total. The molecule has 0 aliphatic rings. The highest BCUT2D eigenvalue weighted by Crippen LogP contribution is 2.13. The van der Waals surface area contributed by atoms with Gasteiger partial charge in [0.2, 0.25) is 0 Å². The monoisotopic (exact) mass is 280 g/mol. The quantitative estimate of drug-likeness (QED) is 0.643. The van der Waals surface area contributed by atoms with Gasteiger partial charge in [-0.25, -0.2) is 15.0 Å². The minimum Gasteiger partial charge on any atom is -0.390 e. The lowest BCUT2D eigenvalue weighted by molar-refractivity contribution is 0.0895. The van der Waals surface area contributed by atoms with Crippen molar-refractivity contribution in [2.24, 2.45) is 0 Å². The third kappa shape index (κ3) is 3.58. The average molecular weight is 280 g/mol. The molecule has 2 rings (SSSR count). The molecule has 0 bridgehead atoms. The maximum absolute atomic E-state index is 9.18. The number of rotatable bonds is 6. The first-order valence-electron chi connectivity index (χ1n) is 6.34. The van der Waals surface area contributed by atoms with Gasteiger partial charge in [0.15, 0.2) is 5.65 Å². The van der Waals surface area contributed by atoms with Gasteiger partial charge in [0.25, 0.3) is 0 Å². The third-order valence-corrected chi connectivity index (χ3v) is 4.56. The Bertz CT molecular complexity index is 550. The minimum absolute atomic E-state index is 0.132. The van der Waals surface area contributed by atoms with Crippen LogP contribution in [-0.4, -0.2) is 39.3 Å². The van der Waals surface area contributed by atoms with E-state index in [0.29, 0.717) is 23.6 Å². The summed E-state index contributed by atoms with van der Waals surface area (Å²) in [5, 5.41) is 9.18. The second-order valence-electron chi connectivity index (χ2n) is 5.71. The van der Waals surface area contributed by atoms with Crippen molar-refractivity contribution < 1.29 is 9.84 Å². The van der Waals surface area contributed by atoms with Crippen LogP contribution in [-0.2, 0) is 18.1 Å². The maximum Gasteiger partial charge on any atom is 0.165 e. The van der Waals surface area contributed by atoms with Crippen LogP contribution in [0.4, 0.5) is 0 Å². The highest BCUT2D eigenvalue weighted by molar-refractivity contribution is 6.76. The summed E-state index contributed by atoms with van der Waals surface area (Å²) >= 11 is 0. The first-order valence-corrected chi connectivity index (χ1v) is 10.1. The van der Waals surface area contributed by atoms with E-state index in [1.165, 1.54) is 6.33 Å². The molecule has 0 aliphatic heterocycles. The van der Waals surface area contributed by atoms with Crippen LogP contribution in [0, 0.1) is 0 Å². The standard InChI is InChI=1S/C12H20N4O2Si/c1-19(2,3)5-4-18-9-16-8-15-11-10(6-17)13-7-14-12(11)16/h7-8,17H,4-6,9H2,1-3H3. The summed E-state index contributed by atoms with van der Waals surface area (Å²) in [6.07, 6.45) is 3.11. The molecule has 0 unspecified atom stereocenters. The van der Waals surface area contributed by atoms with Crippen molar-refractivity contribution >= 4 is 19.2 Å². The van der Waals surface area contributed by atoms with Gasteiger partial charge in [0.05, 0.1) is 18.6 Å². The number of aliphatic hydroxyl groups excluding tert-OH is 1. The molecular formula is C12H20N4O2Si. The molecule has 19 heavy (non-hydrogen) atoms. The Hall–Kier alpha value is -1.31. The lowest BCUT2D eigenvalue weighted by Crippen LogP contribution is -2.22. The summed E-state index contributed by atoms with van der Waals surface area (Å²) in [6, 6.07) is 1.14. The number of hydrogen-bond donors (Lipinski definition) is 1. The van der Waals surface area contributed by atoms with Gasteiger partial charge in [-0.3, -0.25) is 4.57 Å². The van der Waals surface area contributed by atoms with Gasteiger partial charge in [-0.2, -0.15) is 0 Å². The predicted molar refractivity (Wildman–Crippen MR) is 75.4 cm³/mol. The molecule has 2 aromatic heterocycles. The van der Waals surface area contributed by atoms with Crippen molar-refractivity contribution in [1.29, 1.82) is 0 Å². The molecule has 0 fully saturated rings. The Balaban J connectivity index is 2.02. The molecule has 0 saturated heterocycles. The summed E-state index contributed by atoms with van der Waals surface area (Å²) in [5.74, 6) is 0. The third-order valence-electron chi connectivity index (χ3n) is 2.85. The topological polar surface area (TPSA) is 73.1 Å². The Kier molecular flexibility index (Phi) is 4.28. The molecular weight excluding hydrogens is 260 g/mol. The predicted octanol–water partition coefficient (Wildman–Crippen LogP) is 1.63. The van der Waals surface area contributed by atoms with E-state index in [9.17, 15) is 5.11 Å². The summed E-state index contributed by atoms with van der Waals surface area (Å²) in [5.41, 5.74) is 1.89. The SMILES string of the molecule is C[Si](C)(C)CCOCn1cnc2c(CO)ncnc21. The molecule has 0 aromatic carbocycles. The second-order valence-corrected chi connectivity index (χ2v) is 11.3. The van der Waals surface area contributed by atoms with Gasteiger partial charge in [-0.05, 0) is 6.04 Å². The molecule has 0 atom stereocenters. The molecule has 104 valence electrons. The van der Waals surface area contributed by atoms with Crippen LogP contribution in [0.25, 0.3) is 11.2 Å². The van der Waals surface area contributed by atoms with E-state index in [2.05, 4.69) is 34.6 Å². The first kappa shape index (κ1) is 14.1. The highest BCUT2D eigenvalue weighted by Gasteiger charge is 2.13. The van der Waals surface area contributed by atoms with Crippen LogP contribution in [0.1, 0.15) is 5.69 Å². The first-order chi connectivity index (χ1) is 9.01. The van der Waals surface area contributed by atoms with Crippen molar-refractivity contribution in [3.8, 4) is 0 Å². The highest BCUT2D eigenvalue weighted by atomic mass is 28.3. The van der Waals surface area contributed by atoms with Crippen molar-refractivity contribution in [1.82, 2.24) is 19.5 Å². The van der Waals surface area contributed by atoms with E-state index in [4.69, 9.17) is 4.74 Å². The van der Waals surface area contributed by atoms with Crippen LogP contribution in [0.15, 0.2) is 12.7 Å². The fourth-order valence-corrected chi connectivity index (χ4v) is 2.44. The molecule has 0 amide bonds. The number of aromatic nitrogens is 4.